The quantitative estimate of drug-likeness (QED) is 0.657. The van der Waals surface area contributed by atoms with E-state index in [0.717, 1.165) is 0 Å². The van der Waals surface area contributed by atoms with E-state index in [4.69, 9.17) is 9.47 Å². The van der Waals surface area contributed by atoms with Crippen LogP contribution < -0.4 is 0 Å². The molecule has 3 atom stereocenters. The van der Waals surface area contributed by atoms with Gasteiger partial charge in [-0.1, -0.05) is 0 Å². The summed E-state index contributed by atoms with van der Waals surface area (Å²) in [7, 11) is 0. The zero-order chi connectivity index (χ0) is 11.3. The normalized spacial score (nSPS) is 31.4. The van der Waals surface area contributed by atoms with E-state index >= 15 is 0 Å². The van der Waals surface area contributed by atoms with Crippen molar-refractivity contribution in [3.05, 3.63) is 0 Å². The fourth-order valence-electron chi connectivity index (χ4n) is 1.75. The molecule has 90 valence electrons. The molecule has 0 aromatic heterocycles. The van der Waals surface area contributed by atoms with Crippen LogP contribution in [0.5, 0.6) is 0 Å². The van der Waals surface area contributed by atoms with E-state index in [-0.39, 0.29) is 24.1 Å². The van der Waals surface area contributed by atoms with Crippen LogP contribution in [0.4, 0.5) is 0 Å². The summed E-state index contributed by atoms with van der Waals surface area (Å²) in [6.45, 7) is 4.97. The Morgan fingerprint density at radius 1 is 1.33 bits per heavy atom. The molecule has 0 aromatic rings. The highest BCUT2D eigenvalue weighted by Gasteiger charge is 2.40. The highest BCUT2D eigenvalue weighted by Crippen LogP contribution is 2.36. The number of aliphatic hydroxyl groups is 2. The van der Waals surface area contributed by atoms with Gasteiger partial charge in [0.05, 0.1) is 11.4 Å². The minimum atomic E-state index is -0.451. The Morgan fingerprint density at radius 2 is 1.93 bits per heavy atom. The number of hydrogen-bond donors (Lipinski definition) is 2. The van der Waals surface area contributed by atoms with Gasteiger partial charge in [-0.05, 0) is 13.8 Å². The number of hydrogen-bond acceptors (Lipinski definition) is 5. The first-order valence-corrected chi connectivity index (χ1v) is 6.43. The molecule has 1 aliphatic heterocycles. The van der Waals surface area contributed by atoms with Crippen LogP contribution >= 0.6 is 11.8 Å². The van der Waals surface area contributed by atoms with Crippen LogP contribution in [0.3, 0.4) is 0 Å². The van der Waals surface area contributed by atoms with Crippen LogP contribution in [0.2, 0.25) is 0 Å². The molecule has 4 nitrogen and oxygen atoms in total. The summed E-state index contributed by atoms with van der Waals surface area (Å²) in [6, 6.07) is 0. The summed E-state index contributed by atoms with van der Waals surface area (Å²) in [5.74, 6) is 0.505. The van der Waals surface area contributed by atoms with E-state index in [9.17, 15) is 10.2 Å². The second kappa shape index (κ2) is 6.70. The number of thioether (sulfide) groups is 1. The van der Waals surface area contributed by atoms with Gasteiger partial charge in [-0.15, -0.1) is 0 Å². The first-order chi connectivity index (χ1) is 7.24. The molecule has 2 N–H and O–H groups in total. The van der Waals surface area contributed by atoms with Crippen LogP contribution in [0.1, 0.15) is 13.8 Å². The fourth-order valence-corrected chi connectivity index (χ4v) is 3.24. The largest absolute Gasteiger partial charge is 0.396 e. The summed E-state index contributed by atoms with van der Waals surface area (Å²) < 4.78 is 11.0. The van der Waals surface area contributed by atoms with Gasteiger partial charge in [0.15, 0.2) is 6.29 Å². The van der Waals surface area contributed by atoms with Crippen LogP contribution in [-0.4, -0.2) is 53.4 Å². The van der Waals surface area contributed by atoms with Gasteiger partial charge in [0.2, 0.25) is 0 Å². The summed E-state index contributed by atoms with van der Waals surface area (Å²) in [6.07, 6.45) is -0.771. The van der Waals surface area contributed by atoms with E-state index in [2.05, 4.69) is 0 Å². The van der Waals surface area contributed by atoms with E-state index in [1.54, 1.807) is 11.8 Å². The minimum absolute atomic E-state index is 0.0184. The van der Waals surface area contributed by atoms with Gasteiger partial charge in [-0.2, -0.15) is 11.8 Å². The topological polar surface area (TPSA) is 58.9 Å². The Labute approximate surface area is 95.0 Å². The van der Waals surface area contributed by atoms with Crippen LogP contribution in [0.15, 0.2) is 0 Å². The molecule has 1 heterocycles. The lowest BCUT2D eigenvalue weighted by Crippen LogP contribution is -2.38. The third kappa shape index (κ3) is 3.32. The van der Waals surface area contributed by atoms with E-state index in [1.165, 1.54) is 0 Å². The molecule has 1 fully saturated rings. The molecule has 3 unspecified atom stereocenters. The third-order valence-electron chi connectivity index (χ3n) is 2.52. The van der Waals surface area contributed by atoms with Crippen molar-refractivity contribution >= 4 is 11.8 Å². The average molecular weight is 236 g/mol. The van der Waals surface area contributed by atoms with Gasteiger partial charge in [-0.3, -0.25) is 0 Å². The van der Waals surface area contributed by atoms with Gasteiger partial charge in [0.1, 0.15) is 0 Å². The summed E-state index contributed by atoms with van der Waals surface area (Å²) in [5.41, 5.74) is 0. The predicted octanol–water partition coefficient (Wildman–Crippen LogP) is 0.470. The molecular weight excluding hydrogens is 216 g/mol. The summed E-state index contributed by atoms with van der Waals surface area (Å²) in [5, 5.41) is 18.9. The minimum Gasteiger partial charge on any atom is -0.396 e. The van der Waals surface area contributed by atoms with Crippen LogP contribution in [0.25, 0.3) is 0 Å². The molecule has 0 amide bonds. The van der Waals surface area contributed by atoms with E-state index < -0.39 is 6.10 Å². The number of aliphatic hydroxyl groups excluding tert-OH is 2. The molecule has 5 heteroatoms. The molecule has 0 radical (unpaired) electrons. The first kappa shape index (κ1) is 13.3. The second-order valence-electron chi connectivity index (χ2n) is 3.49. The summed E-state index contributed by atoms with van der Waals surface area (Å²) in [4.78, 5) is 0. The highest BCUT2D eigenvalue weighted by atomic mass is 32.2. The Bertz CT molecular complexity index is 173. The number of ether oxygens (including phenoxy) is 2. The van der Waals surface area contributed by atoms with Gasteiger partial charge in [0.25, 0.3) is 0 Å². The van der Waals surface area contributed by atoms with Crippen molar-refractivity contribution in [3.63, 3.8) is 0 Å². The predicted molar refractivity (Wildman–Crippen MR) is 59.9 cm³/mol. The van der Waals surface area contributed by atoms with Crippen molar-refractivity contribution in [1.29, 1.82) is 0 Å². The lowest BCUT2D eigenvalue weighted by Gasteiger charge is -2.27. The highest BCUT2D eigenvalue weighted by molar-refractivity contribution is 8.00. The Kier molecular flexibility index (Phi) is 5.92. The van der Waals surface area contributed by atoms with Crippen molar-refractivity contribution < 1.29 is 19.7 Å². The molecule has 15 heavy (non-hydrogen) atoms. The van der Waals surface area contributed by atoms with Crippen molar-refractivity contribution in [2.75, 3.05) is 25.6 Å². The maximum Gasteiger partial charge on any atom is 0.169 e. The average Bonchev–Trinajstić information content (AvgIpc) is 2.59. The Balaban J connectivity index is 2.57. The smallest absolute Gasteiger partial charge is 0.169 e. The lowest BCUT2D eigenvalue weighted by molar-refractivity contribution is -0.146. The molecule has 1 rings (SSSR count). The SMILES string of the molecule is CCOC(OCC)C1SCC(O)C1CO. The standard InChI is InChI=1S/C10H20O4S/c1-3-13-10(14-4-2)9-7(5-11)8(12)6-15-9/h7-12H,3-6H2,1-2H3. The maximum atomic E-state index is 9.65. The maximum absolute atomic E-state index is 9.65. The molecular formula is C10H20O4S. The monoisotopic (exact) mass is 236 g/mol. The van der Waals surface area contributed by atoms with Crippen LogP contribution in [-0.2, 0) is 9.47 Å². The third-order valence-corrected chi connectivity index (χ3v) is 4.01. The van der Waals surface area contributed by atoms with Gasteiger partial charge in [-0.25, -0.2) is 0 Å². The summed E-state index contributed by atoms with van der Waals surface area (Å²) >= 11 is 1.61. The van der Waals surface area contributed by atoms with E-state index in [0.29, 0.717) is 19.0 Å². The van der Waals surface area contributed by atoms with Crippen LogP contribution in [0, 0.1) is 5.92 Å². The van der Waals surface area contributed by atoms with E-state index in [1.807, 2.05) is 13.8 Å². The molecule has 0 saturated carbocycles. The van der Waals surface area contributed by atoms with Crippen molar-refractivity contribution in [3.8, 4) is 0 Å². The zero-order valence-electron chi connectivity index (χ0n) is 9.26. The molecule has 1 aliphatic rings. The number of rotatable bonds is 6. The molecule has 0 aromatic carbocycles. The van der Waals surface area contributed by atoms with Crippen molar-refractivity contribution in [1.82, 2.24) is 0 Å². The Morgan fingerprint density at radius 3 is 2.40 bits per heavy atom. The zero-order valence-corrected chi connectivity index (χ0v) is 10.1. The molecule has 0 spiro atoms. The van der Waals surface area contributed by atoms with Gasteiger partial charge in [0, 0.05) is 31.5 Å². The fraction of sp³-hybridized carbons (Fsp3) is 1.00. The molecule has 0 bridgehead atoms. The molecule has 1 saturated heterocycles. The Hall–Kier alpha value is 0.190. The van der Waals surface area contributed by atoms with Gasteiger partial charge < -0.3 is 19.7 Å². The lowest BCUT2D eigenvalue weighted by atomic mass is 10.0. The van der Waals surface area contributed by atoms with Gasteiger partial charge >= 0.3 is 0 Å². The first-order valence-electron chi connectivity index (χ1n) is 5.38. The second-order valence-corrected chi connectivity index (χ2v) is 4.70. The van der Waals surface area contributed by atoms with Crippen molar-refractivity contribution in [2.45, 2.75) is 31.5 Å². The van der Waals surface area contributed by atoms with Crippen molar-refractivity contribution in [2.24, 2.45) is 5.92 Å². The molecule has 0 aliphatic carbocycles.